The fourth-order valence-electron chi connectivity index (χ4n) is 1.36. The molecule has 0 atom stereocenters. The number of carbonyl (C=O) groups excluding carboxylic acids is 1. The molecular weight excluding hydrogens is 274 g/mol. The van der Waals surface area contributed by atoms with Crippen LogP contribution in [0.2, 0.25) is 0 Å². The van der Waals surface area contributed by atoms with Crippen molar-refractivity contribution in [1.82, 2.24) is 0 Å². The molecule has 0 aromatic heterocycles. The molecule has 0 fully saturated rings. The number of carboxylic acids is 1. The van der Waals surface area contributed by atoms with E-state index in [1.54, 1.807) is 12.1 Å². The van der Waals surface area contributed by atoms with Gasteiger partial charge in [0, 0.05) is 10.2 Å². The molecule has 1 aromatic carbocycles. The predicted octanol–water partition coefficient (Wildman–Crippen LogP) is 2.48. The molecule has 0 aliphatic heterocycles. The van der Waals surface area contributed by atoms with Crippen molar-refractivity contribution in [3.05, 3.63) is 27.7 Å². The van der Waals surface area contributed by atoms with E-state index in [9.17, 15) is 9.59 Å². The molecule has 0 aliphatic carbocycles. The summed E-state index contributed by atoms with van der Waals surface area (Å²) in [7, 11) is 0. The van der Waals surface area contributed by atoms with Gasteiger partial charge in [0.2, 0.25) is 5.91 Å². The summed E-state index contributed by atoms with van der Waals surface area (Å²) < 4.78 is 0.990. The van der Waals surface area contributed by atoms with Gasteiger partial charge in [-0.15, -0.1) is 0 Å². The molecule has 0 spiro atoms. The molecular formula is C11H12BrNO3. The number of carboxylic acid groups (broad SMARTS) is 1. The van der Waals surface area contributed by atoms with Crippen LogP contribution in [-0.4, -0.2) is 17.0 Å². The molecule has 1 aromatic rings. The van der Waals surface area contributed by atoms with Gasteiger partial charge in [-0.3, -0.25) is 9.59 Å². The maximum atomic E-state index is 11.2. The zero-order valence-electron chi connectivity index (χ0n) is 9.00. The van der Waals surface area contributed by atoms with Crippen LogP contribution in [0.5, 0.6) is 0 Å². The number of aryl methyl sites for hydroxylation is 2. The Balaban J connectivity index is 2.82. The van der Waals surface area contributed by atoms with Gasteiger partial charge in [0.25, 0.3) is 0 Å². The van der Waals surface area contributed by atoms with Crippen molar-refractivity contribution in [2.24, 2.45) is 0 Å². The summed E-state index contributed by atoms with van der Waals surface area (Å²) in [6.45, 7) is 3.81. The van der Waals surface area contributed by atoms with E-state index in [1.165, 1.54) is 0 Å². The maximum Gasteiger partial charge on any atom is 0.312 e. The number of rotatable bonds is 3. The van der Waals surface area contributed by atoms with Crippen molar-refractivity contribution < 1.29 is 14.7 Å². The Hall–Kier alpha value is -1.36. The second-order valence-corrected chi connectivity index (χ2v) is 4.34. The standard InChI is InChI=1S/C11H12BrNO3/c1-6-3-8(4-7(2)11(6)12)13-9(14)5-10(15)16/h3-4H,5H2,1-2H3,(H,13,14)(H,15,16). The Labute approximate surface area is 102 Å². The molecule has 86 valence electrons. The van der Waals surface area contributed by atoms with Crippen molar-refractivity contribution in [3.63, 3.8) is 0 Å². The second kappa shape index (κ2) is 5.12. The van der Waals surface area contributed by atoms with E-state index in [1.807, 2.05) is 13.8 Å². The summed E-state index contributed by atoms with van der Waals surface area (Å²) in [5.74, 6) is -1.66. The number of anilines is 1. The molecule has 0 aliphatic rings. The Morgan fingerprint density at radius 2 is 1.81 bits per heavy atom. The largest absolute Gasteiger partial charge is 0.481 e. The van der Waals surface area contributed by atoms with Crippen molar-refractivity contribution in [3.8, 4) is 0 Å². The summed E-state index contributed by atoms with van der Waals surface area (Å²) in [6, 6.07) is 3.58. The molecule has 1 rings (SSSR count). The fourth-order valence-corrected chi connectivity index (χ4v) is 1.59. The highest BCUT2D eigenvalue weighted by molar-refractivity contribution is 9.10. The second-order valence-electron chi connectivity index (χ2n) is 3.54. The van der Waals surface area contributed by atoms with E-state index >= 15 is 0 Å². The van der Waals surface area contributed by atoms with Crippen LogP contribution in [0, 0.1) is 13.8 Å². The Kier molecular flexibility index (Phi) is 4.06. The van der Waals surface area contributed by atoms with E-state index in [0.29, 0.717) is 5.69 Å². The average molecular weight is 286 g/mol. The molecule has 0 saturated heterocycles. The van der Waals surface area contributed by atoms with Crippen molar-refractivity contribution in [1.29, 1.82) is 0 Å². The van der Waals surface area contributed by atoms with Crippen LogP contribution in [0.15, 0.2) is 16.6 Å². The fraction of sp³-hybridized carbons (Fsp3) is 0.273. The van der Waals surface area contributed by atoms with E-state index in [0.717, 1.165) is 15.6 Å². The first-order valence-corrected chi connectivity index (χ1v) is 5.48. The first-order chi connectivity index (χ1) is 7.40. The SMILES string of the molecule is Cc1cc(NC(=O)CC(=O)O)cc(C)c1Br. The van der Waals surface area contributed by atoms with Crippen LogP contribution in [0.1, 0.15) is 17.5 Å². The van der Waals surface area contributed by atoms with Crippen LogP contribution < -0.4 is 5.32 Å². The van der Waals surface area contributed by atoms with E-state index in [2.05, 4.69) is 21.2 Å². The topological polar surface area (TPSA) is 66.4 Å². The Bertz CT molecular complexity index is 420. The zero-order valence-corrected chi connectivity index (χ0v) is 10.6. The molecule has 1 amide bonds. The lowest BCUT2D eigenvalue weighted by Gasteiger charge is -2.08. The number of carbonyl (C=O) groups is 2. The molecule has 2 N–H and O–H groups in total. The third-order valence-corrected chi connectivity index (χ3v) is 3.28. The highest BCUT2D eigenvalue weighted by Crippen LogP contribution is 2.24. The molecule has 0 saturated carbocycles. The van der Waals surface area contributed by atoms with Crippen LogP contribution in [-0.2, 0) is 9.59 Å². The molecule has 4 nitrogen and oxygen atoms in total. The number of hydrogen-bond acceptors (Lipinski definition) is 2. The molecule has 0 bridgehead atoms. The smallest absolute Gasteiger partial charge is 0.312 e. The van der Waals surface area contributed by atoms with Gasteiger partial charge in [-0.05, 0) is 37.1 Å². The van der Waals surface area contributed by atoms with Gasteiger partial charge < -0.3 is 10.4 Å². The minimum Gasteiger partial charge on any atom is -0.481 e. The Morgan fingerprint density at radius 3 is 2.25 bits per heavy atom. The number of benzene rings is 1. The monoisotopic (exact) mass is 285 g/mol. The lowest BCUT2D eigenvalue weighted by Crippen LogP contribution is -2.16. The third-order valence-electron chi connectivity index (χ3n) is 2.03. The zero-order chi connectivity index (χ0) is 12.3. The van der Waals surface area contributed by atoms with E-state index < -0.39 is 18.3 Å². The Morgan fingerprint density at radius 1 is 1.31 bits per heavy atom. The summed E-state index contributed by atoms with van der Waals surface area (Å²) in [6.07, 6.45) is -0.520. The average Bonchev–Trinajstić information content (AvgIpc) is 2.12. The first-order valence-electron chi connectivity index (χ1n) is 4.68. The number of halogens is 1. The minimum absolute atomic E-state index is 0.520. The minimum atomic E-state index is -1.14. The van der Waals surface area contributed by atoms with Crippen molar-refractivity contribution in [2.45, 2.75) is 20.3 Å². The van der Waals surface area contributed by atoms with Crippen molar-refractivity contribution in [2.75, 3.05) is 5.32 Å². The summed E-state index contributed by atoms with van der Waals surface area (Å²) in [4.78, 5) is 21.5. The molecule has 16 heavy (non-hydrogen) atoms. The van der Waals surface area contributed by atoms with Crippen LogP contribution in [0.4, 0.5) is 5.69 Å². The number of nitrogens with one attached hydrogen (secondary N) is 1. The van der Waals surface area contributed by atoms with Gasteiger partial charge >= 0.3 is 5.97 Å². The van der Waals surface area contributed by atoms with Crippen LogP contribution in [0.25, 0.3) is 0 Å². The molecule has 0 radical (unpaired) electrons. The first kappa shape index (κ1) is 12.7. The van der Waals surface area contributed by atoms with Gasteiger partial charge in [-0.25, -0.2) is 0 Å². The maximum absolute atomic E-state index is 11.2. The van der Waals surface area contributed by atoms with Crippen LogP contribution >= 0.6 is 15.9 Å². The molecule has 0 heterocycles. The van der Waals surface area contributed by atoms with E-state index in [4.69, 9.17) is 5.11 Å². The predicted molar refractivity (Wildman–Crippen MR) is 64.5 cm³/mol. The van der Waals surface area contributed by atoms with E-state index in [-0.39, 0.29) is 0 Å². The van der Waals surface area contributed by atoms with Gasteiger partial charge in [-0.2, -0.15) is 0 Å². The van der Waals surface area contributed by atoms with Crippen molar-refractivity contribution >= 4 is 33.5 Å². The lowest BCUT2D eigenvalue weighted by atomic mass is 10.1. The summed E-state index contributed by atoms with van der Waals surface area (Å²) in [5, 5.41) is 11.0. The quantitative estimate of drug-likeness (QED) is 0.839. The third kappa shape index (κ3) is 3.34. The normalized spacial score (nSPS) is 9.94. The highest BCUT2D eigenvalue weighted by atomic mass is 79.9. The van der Waals surface area contributed by atoms with Gasteiger partial charge in [0.05, 0.1) is 0 Å². The molecule has 5 heteroatoms. The number of hydrogen-bond donors (Lipinski definition) is 2. The highest BCUT2D eigenvalue weighted by Gasteiger charge is 2.09. The summed E-state index contributed by atoms with van der Waals surface area (Å²) in [5.41, 5.74) is 2.60. The van der Waals surface area contributed by atoms with Gasteiger partial charge in [-0.1, -0.05) is 15.9 Å². The van der Waals surface area contributed by atoms with Gasteiger partial charge in [0.15, 0.2) is 0 Å². The summed E-state index contributed by atoms with van der Waals surface area (Å²) >= 11 is 3.41. The molecule has 0 unspecified atom stereocenters. The van der Waals surface area contributed by atoms with Crippen LogP contribution in [0.3, 0.4) is 0 Å². The van der Waals surface area contributed by atoms with Gasteiger partial charge in [0.1, 0.15) is 6.42 Å². The lowest BCUT2D eigenvalue weighted by molar-refractivity contribution is -0.139. The number of aliphatic carboxylic acids is 1. The number of amides is 1.